The fraction of sp³-hybridized carbons (Fsp3) is 0.435. The van der Waals surface area contributed by atoms with Crippen LogP contribution in [0.25, 0.3) is 0 Å². The molecular formula is C23H25F3N8O. The Hall–Kier alpha value is -3.70. The van der Waals surface area contributed by atoms with Crippen LogP contribution in [0.1, 0.15) is 41.8 Å². The monoisotopic (exact) mass is 486 g/mol. The number of nitrogens with one attached hydrogen (secondary N) is 2. The summed E-state index contributed by atoms with van der Waals surface area (Å²) in [6.07, 6.45) is 3.45. The molecule has 0 aromatic carbocycles. The summed E-state index contributed by atoms with van der Waals surface area (Å²) in [6, 6.07) is 2.13. The molecule has 4 heterocycles. The van der Waals surface area contributed by atoms with Gasteiger partial charge in [-0.2, -0.15) is 23.3 Å². The van der Waals surface area contributed by atoms with Crippen LogP contribution >= 0.6 is 0 Å². The lowest BCUT2D eigenvalue weighted by Crippen LogP contribution is -2.52. The number of hydrogen-bond acceptors (Lipinski definition) is 7. The molecule has 35 heavy (non-hydrogen) atoms. The number of hydrogen-bond donors (Lipinski definition) is 2. The molecule has 0 bridgehead atoms. The Morgan fingerprint density at radius 3 is 2.63 bits per heavy atom. The number of halogens is 3. The molecular weight excluding hydrogens is 461 g/mol. The van der Waals surface area contributed by atoms with E-state index in [4.69, 9.17) is 0 Å². The number of aromatic nitrogens is 5. The summed E-state index contributed by atoms with van der Waals surface area (Å²) in [4.78, 5) is 27.2. The van der Waals surface area contributed by atoms with Crippen molar-refractivity contribution in [3.05, 3.63) is 53.2 Å². The van der Waals surface area contributed by atoms with Crippen molar-refractivity contribution in [2.24, 2.45) is 5.92 Å². The molecule has 1 amide bonds. The second kappa shape index (κ2) is 8.82. The van der Waals surface area contributed by atoms with E-state index >= 15 is 0 Å². The van der Waals surface area contributed by atoms with Gasteiger partial charge in [0.05, 0.1) is 18.4 Å². The van der Waals surface area contributed by atoms with Crippen LogP contribution < -0.4 is 15.5 Å². The fourth-order valence-electron chi connectivity index (χ4n) is 4.47. The Kier molecular flexibility index (Phi) is 5.81. The van der Waals surface area contributed by atoms with Gasteiger partial charge in [-0.3, -0.25) is 14.5 Å². The van der Waals surface area contributed by atoms with Gasteiger partial charge in [0.2, 0.25) is 11.9 Å². The number of anilines is 3. The number of nitrogens with zero attached hydrogens (tertiary/aromatic N) is 6. The van der Waals surface area contributed by atoms with Gasteiger partial charge >= 0.3 is 6.18 Å². The molecule has 1 aliphatic heterocycles. The molecule has 3 aromatic rings. The van der Waals surface area contributed by atoms with E-state index in [1.165, 1.54) is 12.3 Å². The average Bonchev–Trinajstić information content (AvgIpc) is 3.22. The van der Waals surface area contributed by atoms with E-state index in [0.717, 1.165) is 30.9 Å². The highest BCUT2D eigenvalue weighted by molar-refractivity contribution is 6.03. The molecule has 1 atom stereocenters. The first-order chi connectivity index (χ1) is 16.7. The first-order valence-corrected chi connectivity index (χ1v) is 11.4. The molecule has 0 radical (unpaired) electrons. The molecule has 1 fully saturated rings. The van der Waals surface area contributed by atoms with Crippen molar-refractivity contribution in [1.29, 1.82) is 0 Å². The van der Waals surface area contributed by atoms with Crippen molar-refractivity contribution < 1.29 is 18.0 Å². The first kappa shape index (κ1) is 23.1. The lowest BCUT2D eigenvalue weighted by molar-refractivity contribution is -0.141. The Balaban J connectivity index is 1.25. The Bertz CT molecular complexity index is 1240. The third-order valence-corrected chi connectivity index (χ3v) is 6.53. The summed E-state index contributed by atoms with van der Waals surface area (Å²) in [7, 11) is 1.90. The quantitative estimate of drug-likeness (QED) is 0.549. The lowest BCUT2D eigenvalue weighted by Gasteiger charge is -2.42. The molecule has 9 nitrogen and oxygen atoms in total. The second-order valence-electron chi connectivity index (χ2n) is 9.02. The molecule has 184 valence electrons. The average molecular weight is 487 g/mol. The normalized spacial score (nSPS) is 18.1. The summed E-state index contributed by atoms with van der Waals surface area (Å²) in [5.74, 6) is 1.47. The van der Waals surface area contributed by atoms with Crippen molar-refractivity contribution in [1.82, 2.24) is 24.7 Å². The number of carbonyl (C=O) groups excluding carboxylic acids is 1. The van der Waals surface area contributed by atoms with E-state index in [2.05, 4.69) is 30.7 Å². The van der Waals surface area contributed by atoms with Gasteiger partial charge in [0, 0.05) is 31.5 Å². The van der Waals surface area contributed by atoms with Crippen molar-refractivity contribution in [2.45, 2.75) is 51.5 Å². The predicted octanol–water partition coefficient (Wildman–Crippen LogP) is 3.61. The van der Waals surface area contributed by atoms with Crippen LogP contribution in [0.15, 0.2) is 30.7 Å². The minimum Gasteiger partial charge on any atom is -0.350 e. The highest BCUT2D eigenvalue weighted by Crippen LogP contribution is 2.39. The largest absolute Gasteiger partial charge is 0.433 e. The fourth-order valence-corrected chi connectivity index (χ4v) is 4.47. The van der Waals surface area contributed by atoms with Crippen molar-refractivity contribution in [3.63, 3.8) is 0 Å². The number of carbonyl (C=O) groups is 1. The zero-order chi connectivity index (χ0) is 24.7. The van der Waals surface area contributed by atoms with Crippen molar-refractivity contribution >= 4 is 23.4 Å². The maximum atomic E-state index is 12.7. The summed E-state index contributed by atoms with van der Waals surface area (Å²) >= 11 is 0. The Labute approximate surface area is 199 Å². The van der Waals surface area contributed by atoms with Gasteiger partial charge in [0.15, 0.2) is 5.82 Å². The van der Waals surface area contributed by atoms with Gasteiger partial charge in [0.1, 0.15) is 17.4 Å². The SMILES string of the molecule is Cc1nc(NCc2cnn(Cc3ccc(C(F)(F)F)nc3)c2)nc2c1NC(=O)[C@H](C1CCC1)N2C. The summed E-state index contributed by atoms with van der Waals surface area (Å²) < 4.78 is 39.7. The maximum absolute atomic E-state index is 12.7. The Morgan fingerprint density at radius 1 is 1.17 bits per heavy atom. The van der Waals surface area contributed by atoms with E-state index in [9.17, 15) is 18.0 Å². The van der Waals surface area contributed by atoms with Gasteiger partial charge in [0.25, 0.3) is 0 Å². The molecule has 0 unspecified atom stereocenters. The van der Waals surface area contributed by atoms with Crippen LogP contribution in [0.2, 0.25) is 0 Å². The molecule has 0 spiro atoms. The zero-order valence-corrected chi connectivity index (χ0v) is 19.3. The van der Waals surface area contributed by atoms with E-state index in [1.807, 2.05) is 18.9 Å². The first-order valence-electron chi connectivity index (χ1n) is 11.4. The third kappa shape index (κ3) is 4.64. The van der Waals surface area contributed by atoms with Gasteiger partial charge < -0.3 is 15.5 Å². The standard InChI is InChI=1S/C23H25F3N8O/c1-13-18-20(33(2)19(21(35)31-18)16-4-3-5-16)32-22(30-13)28-9-15-10-29-34(12-15)11-14-6-7-17(27-8-14)23(24,25)26/h6-8,10,12,16,19H,3-5,9,11H2,1-2H3,(H,31,35)(H,28,30,32)/t19-/m0/s1. The van der Waals surface area contributed by atoms with Gasteiger partial charge in [-0.1, -0.05) is 12.5 Å². The number of amides is 1. The van der Waals surface area contributed by atoms with Crippen LogP contribution in [-0.4, -0.2) is 43.7 Å². The Morgan fingerprint density at radius 2 is 1.97 bits per heavy atom. The van der Waals surface area contributed by atoms with Crippen LogP contribution in [0, 0.1) is 12.8 Å². The van der Waals surface area contributed by atoms with E-state index in [0.29, 0.717) is 47.7 Å². The molecule has 12 heteroatoms. The molecule has 5 rings (SSSR count). The van der Waals surface area contributed by atoms with E-state index < -0.39 is 11.9 Å². The number of alkyl halides is 3. The van der Waals surface area contributed by atoms with Crippen LogP contribution in [0.3, 0.4) is 0 Å². The minimum atomic E-state index is -4.46. The molecule has 3 aromatic heterocycles. The third-order valence-electron chi connectivity index (χ3n) is 6.53. The van der Waals surface area contributed by atoms with Gasteiger partial charge in [-0.15, -0.1) is 0 Å². The molecule has 1 aliphatic carbocycles. The molecule has 1 saturated carbocycles. The topological polar surface area (TPSA) is 101 Å². The summed E-state index contributed by atoms with van der Waals surface area (Å²) in [6.45, 7) is 2.54. The lowest BCUT2D eigenvalue weighted by atomic mass is 9.78. The van der Waals surface area contributed by atoms with E-state index in [-0.39, 0.29) is 11.9 Å². The molecule has 2 N–H and O–H groups in total. The number of pyridine rings is 1. The maximum Gasteiger partial charge on any atom is 0.433 e. The van der Waals surface area contributed by atoms with Gasteiger partial charge in [-0.05, 0) is 37.3 Å². The van der Waals surface area contributed by atoms with Crippen LogP contribution in [0.4, 0.5) is 30.6 Å². The summed E-state index contributed by atoms with van der Waals surface area (Å²) in [5.41, 5.74) is 1.86. The molecule has 2 aliphatic rings. The predicted molar refractivity (Wildman–Crippen MR) is 123 cm³/mol. The number of fused-ring (bicyclic) bond motifs is 1. The van der Waals surface area contributed by atoms with Gasteiger partial charge in [-0.25, -0.2) is 4.98 Å². The summed E-state index contributed by atoms with van der Waals surface area (Å²) in [5, 5.41) is 10.5. The number of likely N-dealkylation sites (N-methyl/N-ethyl adjacent to an activating group) is 1. The number of rotatable bonds is 6. The number of aryl methyl sites for hydroxylation is 1. The van der Waals surface area contributed by atoms with Crippen molar-refractivity contribution in [3.8, 4) is 0 Å². The zero-order valence-electron chi connectivity index (χ0n) is 19.3. The van der Waals surface area contributed by atoms with Crippen LogP contribution in [-0.2, 0) is 24.1 Å². The molecule has 0 saturated heterocycles. The highest BCUT2D eigenvalue weighted by Gasteiger charge is 2.40. The smallest absolute Gasteiger partial charge is 0.350 e. The highest BCUT2D eigenvalue weighted by atomic mass is 19.4. The second-order valence-corrected chi connectivity index (χ2v) is 9.02. The van der Waals surface area contributed by atoms with Crippen LogP contribution in [0.5, 0.6) is 0 Å². The van der Waals surface area contributed by atoms with Crippen molar-refractivity contribution in [2.75, 3.05) is 22.6 Å². The van der Waals surface area contributed by atoms with E-state index in [1.54, 1.807) is 17.1 Å². The minimum absolute atomic E-state index is 0.00669.